The van der Waals surface area contributed by atoms with Gasteiger partial charge in [-0.1, -0.05) is 29.3 Å². The molecule has 1 N–H and O–H groups in total. The number of nitrogens with zero attached hydrogens (tertiary/aromatic N) is 1. The molecule has 1 aromatic rings. The van der Waals surface area contributed by atoms with Gasteiger partial charge in [0.05, 0.1) is 21.9 Å². The Balaban J connectivity index is 1.94. The molecule has 0 aromatic heterocycles. The number of halogens is 2. The van der Waals surface area contributed by atoms with E-state index in [9.17, 15) is 10.1 Å². The van der Waals surface area contributed by atoms with Crippen molar-refractivity contribution < 1.29 is 4.79 Å². The Bertz CT molecular complexity index is 549. The Morgan fingerprint density at radius 2 is 2.10 bits per heavy atom. The topological polar surface area (TPSA) is 52.9 Å². The van der Waals surface area contributed by atoms with E-state index in [1.54, 1.807) is 25.1 Å². The molecule has 0 aliphatic heterocycles. The molecule has 0 saturated heterocycles. The highest BCUT2D eigenvalue weighted by atomic mass is 35.5. The van der Waals surface area contributed by atoms with E-state index in [1.165, 1.54) is 11.8 Å². The van der Waals surface area contributed by atoms with Crippen LogP contribution >= 0.6 is 35.0 Å². The van der Waals surface area contributed by atoms with Gasteiger partial charge in [0, 0.05) is 4.90 Å². The third kappa shape index (κ3) is 3.60. The van der Waals surface area contributed by atoms with Gasteiger partial charge in [0.1, 0.15) is 5.54 Å². The van der Waals surface area contributed by atoms with E-state index < -0.39 is 5.54 Å². The van der Waals surface area contributed by atoms with Crippen LogP contribution in [0.15, 0.2) is 23.1 Å². The molecule has 1 aromatic carbocycles. The normalized spacial score (nSPS) is 17.1. The van der Waals surface area contributed by atoms with Crippen molar-refractivity contribution in [3.8, 4) is 6.07 Å². The molecule has 20 heavy (non-hydrogen) atoms. The maximum absolute atomic E-state index is 12.0. The van der Waals surface area contributed by atoms with E-state index >= 15 is 0 Å². The molecule has 1 fully saturated rings. The van der Waals surface area contributed by atoms with Crippen molar-refractivity contribution in [1.82, 2.24) is 5.32 Å². The Kier molecular flexibility index (Phi) is 4.85. The van der Waals surface area contributed by atoms with Gasteiger partial charge < -0.3 is 5.32 Å². The first kappa shape index (κ1) is 15.5. The second-order valence-electron chi connectivity index (χ2n) is 4.98. The minimum absolute atomic E-state index is 0.179. The Hall–Kier alpha value is -0.890. The van der Waals surface area contributed by atoms with E-state index in [4.69, 9.17) is 23.2 Å². The molecule has 1 aliphatic carbocycles. The number of rotatable bonds is 5. The largest absolute Gasteiger partial charge is 0.337 e. The fourth-order valence-corrected chi connectivity index (χ4v) is 3.45. The summed E-state index contributed by atoms with van der Waals surface area (Å²) in [5.74, 6) is 0.278. The molecule has 6 heteroatoms. The smallest absolute Gasteiger partial charge is 0.231 e. The molecule has 1 amide bonds. The van der Waals surface area contributed by atoms with Crippen molar-refractivity contribution in [3.05, 3.63) is 28.2 Å². The molecule has 1 aliphatic rings. The predicted octanol–water partition coefficient (Wildman–Crippen LogP) is 3.89. The first-order valence-electron chi connectivity index (χ1n) is 6.25. The number of thioether (sulfide) groups is 1. The van der Waals surface area contributed by atoms with E-state index in [0.717, 1.165) is 12.8 Å². The van der Waals surface area contributed by atoms with Crippen LogP contribution in [0.1, 0.15) is 19.8 Å². The van der Waals surface area contributed by atoms with Crippen LogP contribution in [-0.2, 0) is 4.79 Å². The highest BCUT2D eigenvalue weighted by molar-refractivity contribution is 8.00. The van der Waals surface area contributed by atoms with Crippen LogP contribution in [-0.4, -0.2) is 17.2 Å². The second-order valence-corrected chi connectivity index (χ2v) is 6.78. The SMILES string of the molecule is C[C@@](C#N)(NC(=O)CSc1c(Cl)cccc1Cl)C1CC1. The molecule has 0 bridgehead atoms. The zero-order valence-electron chi connectivity index (χ0n) is 11.0. The summed E-state index contributed by atoms with van der Waals surface area (Å²) in [6.45, 7) is 1.77. The molecule has 106 valence electrons. The van der Waals surface area contributed by atoms with Crippen LogP contribution in [0.5, 0.6) is 0 Å². The Labute approximate surface area is 132 Å². The summed E-state index contributed by atoms with van der Waals surface area (Å²) in [5.41, 5.74) is -0.762. The Morgan fingerprint density at radius 3 is 2.60 bits per heavy atom. The molecular weight excluding hydrogens is 315 g/mol. The van der Waals surface area contributed by atoms with Gasteiger partial charge in [-0.05, 0) is 37.8 Å². The van der Waals surface area contributed by atoms with Gasteiger partial charge in [-0.2, -0.15) is 5.26 Å². The van der Waals surface area contributed by atoms with E-state index in [2.05, 4.69) is 11.4 Å². The van der Waals surface area contributed by atoms with Gasteiger partial charge in [0.15, 0.2) is 0 Å². The standard InChI is InChI=1S/C14H14Cl2N2OS/c1-14(8-17,9-5-6-9)18-12(19)7-20-13-10(15)3-2-4-11(13)16/h2-4,9H,5-7H2,1H3,(H,18,19)/t14-/m0/s1. The third-order valence-electron chi connectivity index (χ3n) is 3.29. The summed E-state index contributed by atoms with van der Waals surface area (Å²) < 4.78 is 0. The summed E-state index contributed by atoms with van der Waals surface area (Å²) in [5, 5.41) is 13.1. The molecule has 0 spiro atoms. The zero-order chi connectivity index (χ0) is 14.8. The van der Waals surface area contributed by atoms with Gasteiger partial charge in [-0.3, -0.25) is 4.79 Å². The van der Waals surface area contributed by atoms with E-state index in [-0.39, 0.29) is 17.6 Å². The lowest BCUT2D eigenvalue weighted by Crippen LogP contribution is -2.47. The minimum atomic E-state index is -0.762. The van der Waals surface area contributed by atoms with Crippen molar-refractivity contribution in [1.29, 1.82) is 5.26 Å². The maximum Gasteiger partial charge on any atom is 0.231 e. The fraction of sp³-hybridized carbons (Fsp3) is 0.429. The van der Waals surface area contributed by atoms with E-state index in [1.807, 2.05) is 0 Å². The van der Waals surface area contributed by atoms with Crippen LogP contribution in [0.2, 0.25) is 10.0 Å². The first-order valence-corrected chi connectivity index (χ1v) is 7.99. The Morgan fingerprint density at radius 1 is 1.50 bits per heavy atom. The number of carbonyl (C=O) groups excluding carboxylic acids is 1. The van der Waals surface area contributed by atoms with Crippen molar-refractivity contribution in [2.45, 2.75) is 30.2 Å². The van der Waals surface area contributed by atoms with Crippen LogP contribution in [0.3, 0.4) is 0 Å². The molecule has 0 radical (unpaired) electrons. The molecule has 1 atom stereocenters. The quantitative estimate of drug-likeness (QED) is 0.834. The number of amides is 1. The lowest BCUT2D eigenvalue weighted by Gasteiger charge is -2.22. The molecule has 3 nitrogen and oxygen atoms in total. The highest BCUT2D eigenvalue weighted by Crippen LogP contribution is 2.39. The lowest BCUT2D eigenvalue weighted by molar-refractivity contribution is -0.119. The summed E-state index contributed by atoms with van der Waals surface area (Å²) in [6, 6.07) is 7.42. The van der Waals surface area contributed by atoms with Gasteiger partial charge in [-0.15, -0.1) is 11.8 Å². The number of hydrogen-bond acceptors (Lipinski definition) is 3. The molecule has 1 saturated carbocycles. The number of hydrogen-bond donors (Lipinski definition) is 1. The molecule has 0 heterocycles. The van der Waals surface area contributed by atoms with E-state index in [0.29, 0.717) is 14.9 Å². The van der Waals surface area contributed by atoms with Crippen molar-refractivity contribution in [3.63, 3.8) is 0 Å². The van der Waals surface area contributed by atoms with Gasteiger partial charge in [0.25, 0.3) is 0 Å². The lowest BCUT2D eigenvalue weighted by atomic mass is 9.98. The summed E-state index contributed by atoms with van der Waals surface area (Å²) in [4.78, 5) is 12.7. The molecule has 0 unspecified atom stereocenters. The highest BCUT2D eigenvalue weighted by Gasteiger charge is 2.42. The van der Waals surface area contributed by atoms with Crippen LogP contribution in [0, 0.1) is 17.2 Å². The number of carbonyl (C=O) groups is 1. The summed E-state index contributed by atoms with van der Waals surface area (Å²) >= 11 is 13.4. The average molecular weight is 329 g/mol. The molecule has 2 rings (SSSR count). The van der Waals surface area contributed by atoms with Crippen LogP contribution in [0.4, 0.5) is 0 Å². The summed E-state index contributed by atoms with van der Waals surface area (Å²) in [6.07, 6.45) is 1.99. The predicted molar refractivity (Wildman–Crippen MR) is 82.1 cm³/mol. The van der Waals surface area contributed by atoms with Crippen molar-refractivity contribution in [2.24, 2.45) is 5.92 Å². The first-order chi connectivity index (χ1) is 9.46. The fourth-order valence-electron chi connectivity index (χ4n) is 1.97. The van der Waals surface area contributed by atoms with Crippen LogP contribution < -0.4 is 5.32 Å². The third-order valence-corrected chi connectivity index (χ3v) is 5.28. The second kappa shape index (κ2) is 6.26. The number of benzene rings is 1. The van der Waals surface area contributed by atoms with Crippen molar-refractivity contribution >= 4 is 40.9 Å². The average Bonchev–Trinajstić information content (AvgIpc) is 3.22. The van der Waals surface area contributed by atoms with Gasteiger partial charge in [-0.25, -0.2) is 0 Å². The van der Waals surface area contributed by atoms with Gasteiger partial charge >= 0.3 is 0 Å². The monoisotopic (exact) mass is 328 g/mol. The number of nitrogens with one attached hydrogen (secondary N) is 1. The number of nitriles is 1. The van der Waals surface area contributed by atoms with Crippen molar-refractivity contribution in [2.75, 3.05) is 5.75 Å². The zero-order valence-corrected chi connectivity index (χ0v) is 13.3. The summed E-state index contributed by atoms with van der Waals surface area (Å²) in [7, 11) is 0. The molecular formula is C14H14Cl2N2OS. The van der Waals surface area contributed by atoms with Gasteiger partial charge in [0.2, 0.25) is 5.91 Å². The maximum atomic E-state index is 12.0. The van der Waals surface area contributed by atoms with Crippen LogP contribution in [0.25, 0.3) is 0 Å². The minimum Gasteiger partial charge on any atom is -0.337 e.